The van der Waals surface area contributed by atoms with E-state index >= 15 is 0 Å². The molecule has 0 aliphatic heterocycles. The Bertz CT molecular complexity index is 687. The Morgan fingerprint density at radius 1 is 1.22 bits per heavy atom. The number of hydrogen-bond acceptors (Lipinski definition) is 2. The highest BCUT2D eigenvalue weighted by Gasteiger charge is 2.20. The van der Waals surface area contributed by atoms with Crippen molar-refractivity contribution in [2.75, 3.05) is 0 Å². The van der Waals surface area contributed by atoms with Gasteiger partial charge in [-0.1, -0.05) is 37.8 Å². The Balaban J connectivity index is 1.78. The van der Waals surface area contributed by atoms with Crippen molar-refractivity contribution in [3.05, 3.63) is 47.5 Å². The van der Waals surface area contributed by atoms with Crippen LogP contribution in [-0.2, 0) is 0 Å². The number of nitrogens with zero attached hydrogens (tertiary/aromatic N) is 2. The standard InChI is InChI=1S/C18H22FN3O/c1-13-15(18(23)21-14-8-4-2-3-5-9-14)12-20-22(13)17-11-7-6-10-16(17)19/h6-7,10-12,14H,2-5,8-9H2,1H3,(H,21,23). The molecule has 1 saturated carbocycles. The summed E-state index contributed by atoms with van der Waals surface area (Å²) in [6, 6.07) is 6.67. The minimum absolute atomic E-state index is 0.114. The molecule has 0 unspecified atom stereocenters. The number of hydrogen-bond donors (Lipinski definition) is 1. The average molecular weight is 315 g/mol. The number of nitrogens with one attached hydrogen (secondary N) is 1. The van der Waals surface area contributed by atoms with Gasteiger partial charge in [0.25, 0.3) is 5.91 Å². The molecule has 0 saturated heterocycles. The second-order valence-electron chi connectivity index (χ2n) is 6.17. The van der Waals surface area contributed by atoms with Crippen LogP contribution >= 0.6 is 0 Å². The number of amides is 1. The molecule has 1 heterocycles. The zero-order chi connectivity index (χ0) is 16.2. The first-order chi connectivity index (χ1) is 11.2. The quantitative estimate of drug-likeness (QED) is 0.876. The highest BCUT2D eigenvalue weighted by Crippen LogP contribution is 2.20. The fraction of sp³-hybridized carbons (Fsp3) is 0.444. The molecule has 122 valence electrons. The molecule has 1 aromatic heterocycles. The monoisotopic (exact) mass is 315 g/mol. The van der Waals surface area contributed by atoms with E-state index in [0.717, 1.165) is 12.8 Å². The third kappa shape index (κ3) is 3.44. The van der Waals surface area contributed by atoms with E-state index in [4.69, 9.17) is 0 Å². The summed E-state index contributed by atoms with van der Waals surface area (Å²) >= 11 is 0. The molecule has 0 spiro atoms. The summed E-state index contributed by atoms with van der Waals surface area (Å²) in [6.07, 6.45) is 8.41. The number of benzene rings is 1. The van der Waals surface area contributed by atoms with Crippen molar-refractivity contribution in [3.8, 4) is 5.69 Å². The number of halogens is 1. The number of rotatable bonds is 3. The molecule has 2 aromatic rings. The molecule has 1 aromatic carbocycles. The lowest BCUT2D eigenvalue weighted by molar-refractivity contribution is 0.0932. The smallest absolute Gasteiger partial charge is 0.254 e. The molecule has 5 heteroatoms. The Hall–Kier alpha value is -2.17. The molecular weight excluding hydrogens is 293 g/mol. The van der Waals surface area contributed by atoms with Crippen molar-refractivity contribution in [1.82, 2.24) is 15.1 Å². The van der Waals surface area contributed by atoms with Gasteiger partial charge in [0.1, 0.15) is 11.5 Å². The van der Waals surface area contributed by atoms with Crippen molar-refractivity contribution < 1.29 is 9.18 Å². The minimum Gasteiger partial charge on any atom is -0.349 e. The van der Waals surface area contributed by atoms with Crippen LogP contribution in [0.3, 0.4) is 0 Å². The van der Waals surface area contributed by atoms with E-state index in [2.05, 4.69) is 10.4 Å². The van der Waals surface area contributed by atoms with Gasteiger partial charge in [-0.3, -0.25) is 4.79 Å². The molecule has 3 rings (SSSR count). The Morgan fingerprint density at radius 3 is 2.61 bits per heavy atom. The molecule has 1 fully saturated rings. The van der Waals surface area contributed by atoms with E-state index < -0.39 is 0 Å². The third-order valence-electron chi connectivity index (χ3n) is 4.53. The van der Waals surface area contributed by atoms with Crippen molar-refractivity contribution in [2.24, 2.45) is 0 Å². The van der Waals surface area contributed by atoms with Crippen LogP contribution in [0.1, 0.15) is 54.6 Å². The van der Waals surface area contributed by atoms with Gasteiger partial charge in [-0.25, -0.2) is 9.07 Å². The minimum atomic E-state index is -0.352. The van der Waals surface area contributed by atoms with Gasteiger partial charge in [0.2, 0.25) is 0 Å². The number of aromatic nitrogens is 2. The first kappa shape index (κ1) is 15.7. The van der Waals surface area contributed by atoms with E-state index in [0.29, 0.717) is 16.9 Å². The fourth-order valence-electron chi connectivity index (χ4n) is 3.19. The van der Waals surface area contributed by atoms with Crippen molar-refractivity contribution in [1.29, 1.82) is 0 Å². The second-order valence-corrected chi connectivity index (χ2v) is 6.17. The van der Waals surface area contributed by atoms with Gasteiger partial charge in [-0.2, -0.15) is 5.10 Å². The molecule has 23 heavy (non-hydrogen) atoms. The Morgan fingerprint density at radius 2 is 1.91 bits per heavy atom. The number of para-hydroxylation sites is 1. The molecule has 1 aliphatic carbocycles. The molecule has 1 aliphatic rings. The van der Waals surface area contributed by atoms with Crippen LogP contribution in [0.15, 0.2) is 30.5 Å². The maximum absolute atomic E-state index is 13.9. The Labute approximate surface area is 135 Å². The topological polar surface area (TPSA) is 46.9 Å². The van der Waals surface area contributed by atoms with E-state index in [1.807, 2.05) is 0 Å². The summed E-state index contributed by atoms with van der Waals surface area (Å²) in [5.41, 5.74) is 1.53. The highest BCUT2D eigenvalue weighted by molar-refractivity contribution is 5.95. The van der Waals surface area contributed by atoms with Crippen LogP contribution in [0.5, 0.6) is 0 Å². The fourth-order valence-corrected chi connectivity index (χ4v) is 3.19. The molecule has 0 atom stereocenters. The third-order valence-corrected chi connectivity index (χ3v) is 4.53. The number of carbonyl (C=O) groups excluding carboxylic acids is 1. The van der Waals surface area contributed by atoms with Crippen molar-refractivity contribution in [2.45, 2.75) is 51.5 Å². The summed E-state index contributed by atoms with van der Waals surface area (Å²) < 4.78 is 15.4. The molecular formula is C18H22FN3O. The van der Waals surface area contributed by atoms with Crippen molar-refractivity contribution >= 4 is 5.91 Å². The zero-order valence-corrected chi connectivity index (χ0v) is 13.4. The predicted molar refractivity (Wildman–Crippen MR) is 87.2 cm³/mol. The molecule has 4 nitrogen and oxygen atoms in total. The maximum Gasteiger partial charge on any atom is 0.254 e. The summed E-state index contributed by atoms with van der Waals surface area (Å²) in [7, 11) is 0. The normalized spacial score (nSPS) is 16.1. The van der Waals surface area contributed by atoms with E-state index in [9.17, 15) is 9.18 Å². The average Bonchev–Trinajstić information content (AvgIpc) is 2.75. The van der Waals surface area contributed by atoms with Gasteiger partial charge >= 0.3 is 0 Å². The zero-order valence-electron chi connectivity index (χ0n) is 13.4. The first-order valence-corrected chi connectivity index (χ1v) is 8.27. The number of carbonyl (C=O) groups is 1. The van der Waals surface area contributed by atoms with E-state index in [-0.39, 0.29) is 17.8 Å². The SMILES string of the molecule is Cc1c(C(=O)NC2CCCCCC2)cnn1-c1ccccc1F. The van der Waals surface area contributed by atoms with Gasteiger partial charge in [0, 0.05) is 6.04 Å². The van der Waals surface area contributed by atoms with Crippen LogP contribution in [0, 0.1) is 12.7 Å². The van der Waals surface area contributed by atoms with Crippen LogP contribution in [-0.4, -0.2) is 21.7 Å². The molecule has 0 bridgehead atoms. The first-order valence-electron chi connectivity index (χ1n) is 8.27. The van der Waals surface area contributed by atoms with Crippen LogP contribution in [0.2, 0.25) is 0 Å². The van der Waals surface area contributed by atoms with Crippen LogP contribution in [0.4, 0.5) is 4.39 Å². The summed E-state index contributed by atoms with van der Waals surface area (Å²) in [6.45, 7) is 1.79. The van der Waals surface area contributed by atoms with E-state index in [1.165, 1.54) is 42.6 Å². The molecule has 0 radical (unpaired) electrons. The lowest BCUT2D eigenvalue weighted by Gasteiger charge is -2.16. The predicted octanol–water partition coefficient (Wildman–Crippen LogP) is 3.77. The van der Waals surface area contributed by atoms with Gasteiger partial charge in [0.15, 0.2) is 0 Å². The van der Waals surface area contributed by atoms with Gasteiger partial charge in [-0.05, 0) is 31.9 Å². The molecule has 1 amide bonds. The largest absolute Gasteiger partial charge is 0.349 e. The summed E-state index contributed by atoms with van der Waals surface area (Å²) in [4.78, 5) is 12.5. The van der Waals surface area contributed by atoms with Crippen molar-refractivity contribution in [3.63, 3.8) is 0 Å². The van der Waals surface area contributed by atoms with Gasteiger partial charge < -0.3 is 5.32 Å². The highest BCUT2D eigenvalue weighted by atomic mass is 19.1. The second kappa shape index (κ2) is 6.94. The van der Waals surface area contributed by atoms with Crippen LogP contribution in [0.25, 0.3) is 5.69 Å². The lowest BCUT2D eigenvalue weighted by Crippen LogP contribution is -2.34. The lowest BCUT2D eigenvalue weighted by atomic mass is 10.1. The maximum atomic E-state index is 13.9. The van der Waals surface area contributed by atoms with Crippen LogP contribution < -0.4 is 5.32 Å². The molecule has 1 N–H and O–H groups in total. The summed E-state index contributed by atoms with van der Waals surface area (Å²) in [5.74, 6) is -0.466. The Kier molecular flexibility index (Phi) is 4.74. The van der Waals surface area contributed by atoms with Gasteiger partial charge in [-0.15, -0.1) is 0 Å². The van der Waals surface area contributed by atoms with E-state index in [1.54, 1.807) is 25.1 Å². The van der Waals surface area contributed by atoms with Gasteiger partial charge in [0.05, 0.1) is 17.5 Å². The summed E-state index contributed by atoms with van der Waals surface area (Å²) in [5, 5.41) is 7.30.